The highest BCUT2D eigenvalue weighted by atomic mass is 79.9. The molecular weight excluding hydrogens is 350 g/mol. The Labute approximate surface area is 138 Å². The van der Waals surface area contributed by atoms with Crippen LogP contribution in [0.3, 0.4) is 0 Å². The van der Waals surface area contributed by atoms with Crippen molar-refractivity contribution in [1.29, 1.82) is 0 Å². The van der Waals surface area contributed by atoms with Crippen molar-refractivity contribution >= 4 is 27.3 Å². The molecule has 3 nitrogen and oxygen atoms in total. The van der Waals surface area contributed by atoms with Gasteiger partial charge in [0.1, 0.15) is 17.6 Å². The number of hydrogen-bond acceptors (Lipinski definition) is 4. The number of thiophene rings is 1. The fourth-order valence-corrected chi connectivity index (χ4v) is 3.51. The minimum Gasteiger partial charge on any atom is -0.494 e. The van der Waals surface area contributed by atoms with E-state index in [1.54, 1.807) is 11.3 Å². The average molecular weight is 370 g/mol. The minimum absolute atomic E-state index is 0.0397. The number of ether oxygens (including phenoxy) is 2. The second-order valence-corrected chi connectivity index (χ2v) is 7.15. The quantitative estimate of drug-likeness (QED) is 0.764. The van der Waals surface area contributed by atoms with Crippen molar-refractivity contribution in [3.8, 4) is 11.5 Å². The van der Waals surface area contributed by atoms with Crippen LogP contribution in [0.1, 0.15) is 31.2 Å². The summed E-state index contributed by atoms with van der Waals surface area (Å²) >= 11 is 5.15. The summed E-state index contributed by atoms with van der Waals surface area (Å²) in [4.78, 5) is 1.13. The molecule has 114 valence electrons. The third kappa shape index (κ3) is 4.46. The summed E-state index contributed by atoms with van der Waals surface area (Å²) in [6, 6.07) is 11.7. The van der Waals surface area contributed by atoms with E-state index in [0.29, 0.717) is 6.61 Å². The van der Waals surface area contributed by atoms with Gasteiger partial charge in [-0.05, 0) is 65.7 Å². The number of rotatable bonds is 7. The van der Waals surface area contributed by atoms with E-state index in [-0.39, 0.29) is 12.1 Å². The van der Waals surface area contributed by atoms with Crippen molar-refractivity contribution in [3.05, 3.63) is 45.1 Å². The van der Waals surface area contributed by atoms with E-state index in [4.69, 9.17) is 15.2 Å². The smallest absolute Gasteiger partial charge is 0.148 e. The molecule has 1 aromatic carbocycles. The Bertz CT molecular complexity index is 556. The summed E-state index contributed by atoms with van der Waals surface area (Å²) in [6.45, 7) is 4.70. The first kappa shape index (κ1) is 16.3. The van der Waals surface area contributed by atoms with Gasteiger partial charge in [-0.25, -0.2) is 0 Å². The highest BCUT2D eigenvalue weighted by Gasteiger charge is 2.22. The van der Waals surface area contributed by atoms with Crippen molar-refractivity contribution in [3.63, 3.8) is 0 Å². The number of hydrogen-bond donors (Lipinski definition) is 1. The molecule has 0 aliphatic heterocycles. The van der Waals surface area contributed by atoms with E-state index in [1.807, 2.05) is 37.3 Å². The van der Waals surface area contributed by atoms with Gasteiger partial charge in [0.15, 0.2) is 0 Å². The molecule has 2 rings (SSSR count). The molecule has 0 fully saturated rings. The van der Waals surface area contributed by atoms with Crippen LogP contribution in [0, 0.1) is 0 Å². The molecule has 21 heavy (non-hydrogen) atoms. The molecule has 1 aromatic heterocycles. The van der Waals surface area contributed by atoms with Gasteiger partial charge in [-0.3, -0.25) is 0 Å². The van der Waals surface area contributed by atoms with Crippen LogP contribution in [0.2, 0.25) is 0 Å². The van der Waals surface area contributed by atoms with Crippen molar-refractivity contribution in [2.75, 3.05) is 6.61 Å². The maximum Gasteiger partial charge on any atom is 0.148 e. The van der Waals surface area contributed by atoms with Gasteiger partial charge in [0, 0.05) is 10.9 Å². The van der Waals surface area contributed by atoms with Gasteiger partial charge in [-0.1, -0.05) is 6.92 Å². The molecule has 2 atom stereocenters. The molecule has 0 saturated carbocycles. The highest BCUT2D eigenvalue weighted by molar-refractivity contribution is 9.11. The summed E-state index contributed by atoms with van der Waals surface area (Å²) in [5.74, 6) is 1.65. The fourth-order valence-electron chi connectivity index (χ4n) is 1.98. The Morgan fingerprint density at radius 3 is 2.29 bits per heavy atom. The van der Waals surface area contributed by atoms with Crippen LogP contribution >= 0.6 is 27.3 Å². The Hall–Kier alpha value is -1.04. The van der Waals surface area contributed by atoms with E-state index in [0.717, 1.165) is 26.6 Å². The number of halogens is 1. The normalized spacial score (nSPS) is 13.7. The minimum atomic E-state index is -0.135. The summed E-state index contributed by atoms with van der Waals surface area (Å²) in [7, 11) is 0. The lowest BCUT2D eigenvalue weighted by atomic mass is 10.1. The lowest BCUT2D eigenvalue weighted by Gasteiger charge is -2.23. The zero-order chi connectivity index (χ0) is 15.2. The van der Waals surface area contributed by atoms with Crippen LogP contribution in [-0.2, 0) is 0 Å². The van der Waals surface area contributed by atoms with Crippen LogP contribution in [0.25, 0.3) is 0 Å². The molecular formula is C16H20BrNO2S. The maximum atomic E-state index is 6.23. The van der Waals surface area contributed by atoms with Crippen LogP contribution in [-0.4, -0.2) is 12.6 Å². The van der Waals surface area contributed by atoms with E-state index in [2.05, 4.69) is 28.9 Å². The predicted octanol–water partition coefficient (Wildman–Crippen LogP) is 4.77. The summed E-state index contributed by atoms with van der Waals surface area (Å²) < 4.78 is 12.6. The Kier molecular flexibility index (Phi) is 6.08. The molecule has 0 spiro atoms. The van der Waals surface area contributed by atoms with Crippen LogP contribution in [0.4, 0.5) is 0 Å². The maximum absolute atomic E-state index is 6.23. The highest BCUT2D eigenvalue weighted by Crippen LogP contribution is 2.33. The molecule has 2 N–H and O–H groups in total. The summed E-state index contributed by atoms with van der Waals surface area (Å²) in [6.07, 6.45) is 0.723. The first-order chi connectivity index (χ1) is 10.1. The Balaban J connectivity index is 2.15. The van der Waals surface area contributed by atoms with Crippen molar-refractivity contribution in [2.24, 2.45) is 5.73 Å². The second kappa shape index (κ2) is 7.82. The largest absolute Gasteiger partial charge is 0.494 e. The van der Waals surface area contributed by atoms with Gasteiger partial charge in [-0.2, -0.15) is 0 Å². The predicted molar refractivity (Wildman–Crippen MR) is 91.3 cm³/mol. The first-order valence-corrected chi connectivity index (χ1v) is 8.65. The molecule has 0 aliphatic carbocycles. The van der Waals surface area contributed by atoms with Crippen molar-refractivity contribution in [2.45, 2.75) is 32.4 Å². The van der Waals surface area contributed by atoms with E-state index in [1.165, 1.54) is 0 Å². The lowest BCUT2D eigenvalue weighted by Crippen LogP contribution is -2.30. The van der Waals surface area contributed by atoms with Gasteiger partial charge >= 0.3 is 0 Å². The molecule has 2 unspecified atom stereocenters. The molecule has 5 heteroatoms. The van der Waals surface area contributed by atoms with E-state index < -0.39 is 0 Å². The lowest BCUT2D eigenvalue weighted by molar-refractivity contribution is 0.174. The molecule has 0 radical (unpaired) electrons. The monoisotopic (exact) mass is 369 g/mol. The van der Waals surface area contributed by atoms with Crippen LogP contribution in [0.15, 0.2) is 40.2 Å². The van der Waals surface area contributed by atoms with Gasteiger partial charge in [0.05, 0.1) is 10.4 Å². The van der Waals surface area contributed by atoms with Gasteiger partial charge < -0.3 is 15.2 Å². The zero-order valence-electron chi connectivity index (χ0n) is 12.2. The summed E-state index contributed by atoms with van der Waals surface area (Å²) in [5, 5.41) is 0. The summed E-state index contributed by atoms with van der Waals surface area (Å²) in [5.41, 5.74) is 6.23. The average Bonchev–Trinajstić information content (AvgIpc) is 2.92. The molecule has 2 aromatic rings. The van der Waals surface area contributed by atoms with Crippen LogP contribution < -0.4 is 15.2 Å². The zero-order valence-corrected chi connectivity index (χ0v) is 14.6. The standard InChI is InChI=1S/C16H20BrNO2S/c1-3-13(18)16(14-9-10-15(17)21-14)20-12-7-5-11(6-8-12)19-4-2/h5-10,13,16H,3-4,18H2,1-2H3. The molecule has 0 saturated heterocycles. The second-order valence-electron chi connectivity index (χ2n) is 4.66. The molecule has 0 bridgehead atoms. The Morgan fingerprint density at radius 2 is 1.76 bits per heavy atom. The number of benzene rings is 1. The third-order valence-electron chi connectivity index (χ3n) is 3.13. The van der Waals surface area contributed by atoms with E-state index in [9.17, 15) is 0 Å². The van der Waals surface area contributed by atoms with Gasteiger partial charge in [-0.15, -0.1) is 11.3 Å². The molecule has 0 aliphatic rings. The van der Waals surface area contributed by atoms with Crippen LogP contribution in [0.5, 0.6) is 11.5 Å². The fraction of sp³-hybridized carbons (Fsp3) is 0.375. The third-order valence-corrected chi connectivity index (χ3v) is 4.82. The molecule has 0 amide bonds. The van der Waals surface area contributed by atoms with Crippen molar-refractivity contribution < 1.29 is 9.47 Å². The number of nitrogens with two attached hydrogens (primary N) is 1. The SMILES string of the molecule is CCOc1ccc(OC(c2ccc(Br)s2)C(N)CC)cc1. The van der Waals surface area contributed by atoms with Gasteiger partial charge in [0.25, 0.3) is 0 Å². The van der Waals surface area contributed by atoms with Gasteiger partial charge in [0.2, 0.25) is 0 Å². The van der Waals surface area contributed by atoms with Crippen molar-refractivity contribution in [1.82, 2.24) is 0 Å². The topological polar surface area (TPSA) is 44.5 Å². The Morgan fingerprint density at radius 1 is 1.10 bits per heavy atom. The molecule has 1 heterocycles. The van der Waals surface area contributed by atoms with E-state index >= 15 is 0 Å². The first-order valence-electron chi connectivity index (χ1n) is 7.04.